The Morgan fingerprint density at radius 2 is 1.67 bits per heavy atom. The molecule has 1 atom stereocenters. The fourth-order valence-corrected chi connectivity index (χ4v) is 2.98. The van der Waals surface area contributed by atoms with E-state index in [1.165, 1.54) is 71.0 Å². The van der Waals surface area contributed by atoms with Gasteiger partial charge in [0.25, 0.3) is 0 Å². The van der Waals surface area contributed by atoms with Gasteiger partial charge in [0.1, 0.15) is 0 Å². The predicted molar refractivity (Wildman–Crippen MR) is 78.6 cm³/mol. The summed E-state index contributed by atoms with van der Waals surface area (Å²) >= 11 is 0. The lowest BCUT2D eigenvalue weighted by atomic mass is 9.96. The zero-order chi connectivity index (χ0) is 12.8. The fourth-order valence-electron chi connectivity index (χ4n) is 2.98. The first-order chi connectivity index (χ1) is 8.81. The third-order valence-electron chi connectivity index (χ3n) is 4.67. The summed E-state index contributed by atoms with van der Waals surface area (Å²) in [7, 11) is 0. The molecule has 0 amide bonds. The number of hydrogen-bond donors (Lipinski definition) is 1. The van der Waals surface area contributed by atoms with Gasteiger partial charge in [-0.25, -0.2) is 0 Å². The van der Waals surface area contributed by atoms with E-state index in [0.717, 1.165) is 24.3 Å². The largest absolute Gasteiger partial charge is 0.330 e. The van der Waals surface area contributed by atoms with Crippen LogP contribution in [0.1, 0.15) is 58.3 Å². The molecule has 1 unspecified atom stereocenters. The number of hydrogen-bond acceptors (Lipinski definition) is 2. The van der Waals surface area contributed by atoms with Crippen LogP contribution in [0.5, 0.6) is 0 Å². The van der Waals surface area contributed by atoms with Crippen molar-refractivity contribution in [3.05, 3.63) is 0 Å². The first-order valence-corrected chi connectivity index (χ1v) is 8.24. The average Bonchev–Trinajstić information content (AvgIpc) is 3.23. The molecule has 2 fully saturated rings. The Labute approximate surface area is 113 Å². The van der Waals surface area contributed by atoms with Gasteiger partial charge in [0, 0.05) is 13.1 Å². The summed E-state index contributed by atoms with van der Waals surface area (Å²) < 4.78 is 0. The molecule has 0 saturated heterocycles. The Morgan fingerprint density at radius 1 is 1.06 bits per heavy atom. The van der Waals surface area contributed by atoms with Gasteiger partial charge in [-0.1, -0.05) is 13.3 Å². The zero-order valence-corrected chi connectivity index (χ0v) is 12.2. The number of rotatable bonds is 11. The second kappa shape index (κ2) is 7.49. The molecule has 2 N–H and O–H groups in total. The highest BCUT2D eigenvalue weighted by molar-refractivity contribution is 4.82. The minimum Gasteiger partial charge on any atom is -0.330 e. The van der Waals surface area contributed by atoms with Gasteiger partial charge in [0.2, 0.25) is 0 Å². The first kappa shape index (κ1) is 14.3. The molecule has 0 aliphatic heterocycles. The Hall–Kier alpha value is -0.0800. The van der Waals surface area contributed by atoms with Crippen molar-refractivity contribution in [1.29, 1.82) is 0 Å². The van der Waals surface area contributed by atoms with E-state index in [0.29, 0.717) is 0 Å². The van der Waals surface area contributed by atoms with Gasteiger partial charge in [-0.2, -0.15) is 0 Å². The van der Waals surface area contributed by atoms with Gasteiger partial charge in [0.05, 0.1) is 0 Å². The van der Waals surface area contributed by atoms with Crippen LogP contribution in [0.3, 0.4) is 0 Å². The van der Waals surface area contributed by atoms with E-state index in [1.54, 1.807) is 0 Å². The molecule has 2 rings (SSSR count). The quantitative estimate of drug-likeness (QED) is 0.611. The molecule has 2 nitrogen and oxygen atoms in total. The van der Waals surface area contributed by atoms with Crippen molar-refractivity contribution in [2.45, 2.75) is 58.3 Å². The normalized spacial score (nSPS) is 21.5. The molecule has 0 heterocycles. The van der Waals surface area contributed by atoms with Crippen LogP contribution in [0.4, 0.5) is 0 Å². The second-order valence-corrected chi connectivity index (χ2v) is 6.64. The summed E-state index contributed by atoms with van der Waals surface area (Å²) in [4.78, 5) is 2.77. The maximum absolute atomic E-state index is 5.67. The molecule has 0 aromatic carbocycles. The molecule has 0 aromatic heterocycles. The summed E-state index contributed by atoms with van der Waals surface area (Å²) in [6, 6.07) is 0. The van der Waals surface area contributed by atoms with Crippen LogP contribution in [0.25, 0.3) is 0 Å². The highest BCUT2D eigenvalue weighted by Crippen LogP contribution is 2.33. The van der Waals surface area contributed by atoms with Crippen LogP contribution in [-0.2, 0) is 0 Å². The van der Waals surface area contributed by atoms with E-state index in [2.05, 4.69) is 11.8 Å². The molecule has 2 aliphatic rings. The van der Waals surface area contributed by atoms with E-state index >= 15 is 0 Å². The Kier molecular flexibility index (Phi) is 5.97. The third-order valence-corrected chi connectivity index (χ3v) is 4.67. The summed E-state index contributed by atoms with van der Waals surface area (Å²) in [5, 5.41) is 0. The van der Waals surface area contributed by atoms with Crippen molar-refractivity contribution < 1.29 is 0 Å². The topological polar surface area (TPSA) is 29.3 Å². The third kappa shape index (κ3) is 5.71. The Morgan fingerprint density at radius 3 is 2.11 bits per heavy atom. The molecule has 106 valence electrons. The lowest BCUT2D eigenvalue weighted by molar-refractivity contribution is 0.239. The van der Waals surface area contributed by atoms with Crippen LogP contribution in [0.2, 0.25) is 0 Å². The highest BCUT2D eigenvalue weighted by atomic mass is 15.1. The maximum Gasteiger partial charge on any atom is 0.000978 e. The van der Waals surface area contributed by atoms with Crippen molar-refractivity contribution >= 4 is 0 Å². The van der Waals surface area contributed by atoms with Gasteiger partial charge < -0.3 is 10.6 Å². The molecule has 0 radical (unpaired) electrons. The van der Waals surface area contributed by atoms with Gasteiger partial charge in [-0.15, -0.1) is 0 Å². The molecule has 2 saturated carbocycles. The van der Waals surface area contributed by atoms with Gasteiger partial charge in [-0.3, -0.25) is 0 Å². The van der Waals surface area contributed by atoms with Gasteiger partial charge in [0.15, 0.2) is 0 Å². The summed E-state index contributed by atoms with van der Waals surface area (Å²) in [6.07, 6.45) is 11.3. The molecular formula is C16H32N2. The highest BCUT2D eigenvalue weighted by Gasteiger charge is 2.28. The Bertz CT molecular complexity index is 207. The summed E-state index contributed by atoms with van der Waals surface area (Å²) in [5.41, 5.74) is 5.67. The second-order valence-electron chi connectivity index (χ2n) is 6.64. The fraction of sp³-hybridized carbons (Fsp3) is 1.00. The van der Waals surface area contributed by atoms with E-state index in [-0.39, 0.29) is 0 Å². The van der Waals surface area contributed by atoms with E-state index < -0.39 is 0 Å². The smallest absolute Gasteiger partial charge is 0.000978 e. The molecule has 2 aliphatic carbocycles. The predicted octanol–water partition coefficient (Wildman–Crippen LogP) is 3.26. The molecule has 0 spiro atoms. The van der Waals surface area contributed by atoms with E-state index in [9.17, 15) is 0 Å². The Balaban J connectivity index is 1.60. The van der Waals surface area contributed by atoms with Crippen molar-refractivity contribution in [2.24, 2.45) is 23.5 Å². The molecule has 18 heavy (non-hydrogen) atoms. The van der Waals surface area contributed by atoms with Crippen LogP contribution in [0, 0.1) is 17.8 Å². The zero-order valence-electron chi connectivity index (χ0n) is 12.2. The molecular weight excluding hydrogens is 220 g/mol. The van der Waals surface area contributed by atoms with Crippen molar-refractivity contribution in [3.8, 4) is 0 Å². The van der Waals surface area contributed by atoms with Crippen molar-refractivity contribution in [1.82, 2.24) is 4.90 Å². The van der Waals surface area contributed by atoms with Crippen molar-refractivity contribution in [2.75, 3.05) is 26.2 Å². The minimum absolute atomic E-state index is 0.867. The summed E-state index contributed by atoms with van der Waals surface area (Å²) in [5.74, 6) is 2.98. The summed E-state index contributed by atoms with van der Waals surface area (Å²) in [6.45, 7) is 7.31. The number of nitrogens with zero attached hydrogens (tertiary/aromatic N) is 1. The van der Waals surface area contributed by atoms with Crippen molar-refractivity contribution in [3.63, 3.8) is 0 Å². The van der Waals surface area contributed by atoms with Crippen LogP contribution >= 0.6 is 0 Å². The minimum atomic E-state index is 0.867. The van der Waals surface area contributed by atoms with Crippen LogP contribution in [-0.4, -0.2) is 31.1 Å². The monoisotopic (exact) mass is 252 g/mol. The molecule has 2 heteroatoms. The van der Waals surface area contributed by atoms with Crippen LogP contribution < -0.4 is 5.73 Å². The lowest BCUT2D eigenvalue weighted by Gasteiger charge is -2.23. The molecule has 0 aromatic rings. The molecule has 0 bridgehead atoms. The van der Waals surface area contributed by atoms with E-state index in [4.69, 9.17) is 5.73 Å². The van der Waals surface area contributed by atoms with Gasteiger partial charge >= 0.3 is 0 Å². The van der Waals surface area contributed by atoms with Crippen LogP contribution in [0.15, 0.2) is 0 Å². The van der Waals surface area contributed by atoms with E-state index in [1.807, 2.05) is 0 Å². The lowest BCUT2D eigenvalue weighted by Crippen LogP contribution is -2.29. The SMILES string of the molecule is CCC(CCN)CCCN(CC1CC1)CC1CC1. The first-order valence-electron chi connectivity index (χ1n) is 8.24. The maximum atomic E-state index is 5.67. The number of nitrogens with two attached hydrogens (primary N) is 1. The van der Waals surface area contributed by atoms with Gasteiger partial charge in [-0.05, 0) is 75.8 Å². The average molecular weight is 252 g/mol. The standard InChI is InChI=1S/C16H32N2/c1-2-14(9-10-17)4-3-11-18(12-15-5-6-15)13-16-7-8-16/h14-16H,2-13,17H2,1H3.